The lowest BCUT2D eigenvalue weighted by molar-refractivity contribution is -0.118. The molecule has 5 nitrogen and oxygen atoms in total. The van der Waals surface area contributed by atoms with E-state index in [2.05, 4.69) is 30.9 Å². The zero-order valence-electron chi connectivity index (χ0n) is 15.4. The van der Waals surface area contributed by atoms with E-state index < -0.39 is 0 Å². The van der Waals surface area contributed by atoms with Gasteiger partial charge >= 0.3 is 0 Å². The molecule has 0 bridgehead atoms. The Morgan fingerprint density at radius 2 is 2.08 bits per heavy atom. The van der Waals surface area contributed by atoms with Crippen LogP contribution < -0.4 is 4.90 Å². The molecule has 6 heteroatoms. The first-order valence-corrected chi connectivity index (χ1v) is 9.89. The molecule has 0 spiro atoms. The Bertz CT molecular complexity index is 738. The van der Waals surface area contributed by atoms with Gasteiger partial charge in [0.1, 0.15) is 0 Å². The van der Waals surface area contributed by atoms with Crippen molar-refractivity contribution in [1.29, 1.82) is 0 Å². The van der Waals surface area contributed by atoms with Gasteiger partial charge < -0.3 is 4.74 Å². The summed E-state index contributed by atoms with van der Waals surface area (Å²) in [6, 6.07) is 4.24. The third kappa shape index (κ3) is 4.19. The molecule has 0 unspecified atom stereocenters. The normalized spacial score (nSPS) is 15.6. The van der Waals surface area contributed by atoms with Crippen molar-refractivity contribution in [1.82, 2.24) is 9.88 Å². The average Bonchev–Trinajstić information content (AvgIpc) is 3.04. The third-order valence-electron chi connectivity index (χ3n) is 4.81. The number of carbonyl (C=O) groups excluding carboxylic acids is 1. The molecule has 1 aliphatic heterocycles. The summed E-state index contributed by atoms with van der Waals surface area (Å²) in [5.41, 5.74) is 3.47. The van der Waals surface area contributed by atoms with Crippen LogP contribution >= 0.6 is 11.3 Å². The molecule has 1 amide bonds. The molecular weight excluding hydrogens is 334 g/mol. The molecule has 1 aromatic carbocycles. The second-order valence-corrected chi connectivity index (χ2v) is 7.61. The van der Waals surface area contributed by atoms with Gasteiger partial charge in [-0.15, -0.1) is 0 Å². The minimum absolute atomic E-state index is 0.171. The van der Waals surface area contributed by atoms with Gasteiger partial charge in [-0.1, -0.05) is 24.3 Å². The monoisotopic (exact) mass is 361 g/mol. The molecule has 3 rings (SSSR count). The van der Waals surface area contributed by atoms with E-state index in [9.17, 15) is 4.79 Å². The third-order valence-corrected chi connectivity index (χ3v) is 5.86. The minimum Gasteiger partial charge on any atom is -0.379 e. The molecule has 25 heavy (non-hydrogen) atoms. The minimum atomic E-state index is 0.171. The van der Waals surface area contributed by atoms with Crippen LogP contribution in [0.2, 0.25) is 0 Å². The molecule has 1 saturated heterocycles. The lowest BCUT2D eigenvalue weighted by atomic mass is 10.1. The number of ether oxygens (including phenoxy) is 1. The highest BCUT2D eigenvalue weighted by atomic mass is 32.1. The molecule has 1 aliphatic rings. The average molecular weight is 362 g/mol. The second-order valence-electron chi connectivity index (χ2n) is 6.60. The summed E-state index contributed by atoms with van der Waals surface area (Å²) in [5.74, 6) is 0.171. The first-order valence-electron chi connectivity index (χ1n) is 9.07. The highest BCUT2D eigenvalue weighted by molar-refractivity contribution is 7.22. The van der Waals surface area contributed by atoms with Crippen LogP contribution in [0, 0.1) is 13.8 Å². The molecule has 0 atom stereocenters. The van der Waals surface area contributed by atoms with Crippen LogP contribution in [0.4, 0.5) is 5.13 Å². The van der Waals surface area contributed by atoms with Crippen LogP contribution in [0.25, 0.3) is 10.2 Å². The molecule has 2 heterocycles. The van der Waals surface area contributed by atoms with Crippen molar-refractivity contribution >= 4 is 32.6 Å². The number of rotatable bonds is 6. The Kier molecular flexibility index (Phi) is 6.04. The number of anilines is 1. The summed E-state index contributed by atoms with van der Waals surface area (Å²) in [6.07, 6.45) is 1.42. The number of carbonyl (C=O) groups is 1. The molecule has 1 aromatic heterocycles. The van der Waals surface area contributed by atoms with Gasteiger partial charge in [-0.05, 0) is 37.5 Å². The summed E-state index contributed by atoms with van der Waals surface area (Å²) in [5, 5.41) is 0.829. The van der Waals surface area contributed by atoms with Gasteiger partial charge in [0, 0.05) is 32.6 Å². The zero-order chi connectivity index (χ0) is 17.8. The van der Waals surface area contributed by atoms with Crippen LogP contribution in [0.15, 0.2) is 12.1 Å². The lowest BCUT2D eigenvalue weighted by Gasteiger charge is -2.29. The maximum absolute atomic E-state index is 12.7. The standard InChI is InChI=1S/C19H27N3O2S/c1-4-5-17(23)22(9-8-21-10-12-24-13-11-21)19-20-18-15(3)14(2)6-7-16(18)25-19/h6-7H,4-5,8-13H2,1-3H3. The second kappa shape index (κ2) is 8.25. The van der Waals surface area contributed by atoms with Crippen LogP contribution in [0.3, 0.4) is 0 Å². The van der Waals surface area contributed by atoms with Crippen molar-refractivity contribution < 1.29 is 9.53 Å². The Morgan fingerprint density at radius 3 is 2.80 bits per heavy atom. The number of hydrogen-bond donors (Lipinski definition) is 0. The van der Waals surface area contributed by atoms with Crippen molar-refractivity contribution in [3.8, 4) is 0 Å². The zero-order valence-corrected chi connectivity index (χ0v) is 16.2. The molecule has 136 valence electrons. The fourth-order valence-corrected chi connectivity index (χ4v) is 4.14. The van der Waals surface area contributed by atoms with Gasteiger partial charge in [0.2, 0.25) is 5.91 Å². The molecule has 1 fully saturated rings. The van der Waals surface area contributed by atoms with E-state index in [-0.39, 0.29) is 5.91 Å². The number of morpholine rings is 1. The molecule has 2 aromatic rings. The van der Waals surface area contributed by atoms with E-state index in [1.807, 2.05) is 11.8 Å². The maximum atomic E-state index is 12.7. The SMILES string of the molecule is CCCC(=O)N(CCN1CCOCC1)c1nc2c(C)c(C)ccc2s1. The molecule has 0 aliphatic carbocycles. The predicted molar refractivity (Wildman–Crippen MR) is 104 cm³/mol. The van der Waals surface area contributed by atoms with Crippen LogP contribution in [-0.4, -0.2) is 55.2 Å². The highest BCUT2D eigenvalue weighted by Crippen LogP contribution is 2.32. The Morgan fingerprint density at radius 1 is 1.32 bits per heavy atom. The fraction of sp³-hybridized carbons (Fsp3) is 0.579. The summed E-state index contributed by atoms with van der Waals surface area (Å²) in [6.45, 7) is 11.2. The van der Waals surface area contributed by atoms with Crippen molar-refractivity contribution in [2.24, 2.45) is 0 Å². The fourth-order valence-electron chi connectivity index (χ4n) is 3.07. The summed E-state index contributed by atoms with van der Waals surface area (Å²) < 4.78 is 6.56. The Balaban J connectivity index is 1.83. The highest BCUT2D eigenvalue weighted by Gasteiger charge is 2.21. The van der Waals surface area contributed by atoms with E-state index >= 15 is 0 Å². The van der Waals surface area contributed by atoms with E-state index in [4.69, 9.17) is 9.72 Å². The molecular formula is C19H27N3O2S. The van der Waals surface area contributed by atoms with E-state index in [0.717, 1.165) is 54.6 Å². The van der Waals surface area contributed by atoms with Crippen LogP contribution in [-0.2, 0) is 9.53 Å². The molecule has 0 saturated carbocycles. The number of aryl methyl sites for hydroxylation is 2. The number of benzene rings is 1. The smallest absolute Gasteiger partial charge is 0.228 e. The van der Waals surface area contributed by atoms with Crippen molar-refractivity contribution in [2.45, 2.75) is 33.6 Å². The molecule has 0 N–H and O–H groups in total. The summed E-state index contributed by atoms with van der Waals surface area (Å²) >= 11 is 1.62. The quantitative estimate of drug-likeness (QED) is 0.791. The van der Waals surface area contributed by atoms with Crippen molar-refractivity contribution in [2.75, 3.05) is 44.3 Å². The number of fused-ring (bicyclic) bond motifs is 1. The predicted octanol–water partition coefficient (Wildman–Crippen LogP) is 3.38. The van der Waals surface area contributed by atoms with Gasteiger partial charge in [0.15, 0.2) is 5.13 Å². The first kappa shape index (κ1) is 18.3. The van der Waals surface area contributed by atoms with Crippen molar-refractivity contribution in [3.05, 3.63) is 23.3 Å². The number of hydrogen-bond acceptors (Lipinski definition) is 5. The number of amides is 1. The summed E-state index contributed by atoms with van der Waals surface area (Å²) in [4.78, 5) is 21.8. The van der Waals surface area contributed by atoms with Crippen molar-refractivity contribution in [3.63, 3.8) is 0 Å². The number of thiazole rings is 1. The van der Waals surface area contributed by atoms with Gasteiger partial charge in [-0.3, -0.25) is 14.6 Å². The summed E-state index contributed by atoms with van der Waals surface area (Å²) in [7, 11) is 0. The number of aromatic nitrogens is 1. The lowest BCUT2D eigenvalue weighted by Crippen LogP contribution is -2.43. The van der Waals surface area contributed by atoms with E-state index in [1.54, 1.807) is 11.3 Å². The van der Waals surface area contributed by atoms with Gasteiger partial charge in [-0.2, -0.15) is 0 Å². The number of nitrogens with zero attached hydrogens (tertiary/aromatic N) is 3. The van der Waals surface area contributed by atoms with Crippen LogP contribution in [0.5, 0.6) is 0 Å². The topological polar surface area (TPSA) is 45.7 Å². The van der Waals surface area contributed by atoms with E-state index in [0.29, 0.717) is 13.0 Å². The van der Waals surface area contributed by atoms with Gasteiger partial charge in [0.25, 0.3) is 0 Å². The molecule has 0 radical (unpaired) electrons. The largest absolute Gasteiger partial charge is 0.379 e. The van der Waals surface area contributed by atoms with Crippen LogP contribution in [0.1, 0.15) is 30.9 Å². The van der Waals surface area contributed by atoms with Gasteiger partial charge in [0.05, 0.1) is 23.4 Å². The van der Waals surface area contributed by atoms with E-state index in [1.165, 1.54) is 11.1 Å². The maximum Gasteiger partial charge on any atom is 0.228 e. The first-order chi connectivity index (χ1) is 12.1. The Labute approximate surface area is 153 Å². The van der Waals surface area contributed by atoms with Gasteiger partial charge in [-0.25, -0.2) is 4.98 Å². The Hall–Kier alpha value is -1.50.